The third kappa shape index (κ3) is 5.23. The minimum atomic E-state index is -0.386. The number of piperidine rings is 1. The number of rotatable bonds is 5. The van der Waals surface area contributed by atoms with E-state index in [1.165, 1.54) is 24.3 Å². The number of para-hydroxylation sites is 1. The van der Waals surface area contributed by atoms with Crippen molar-refractivity contribution in [3.8, 4) is 0 Å². The lowest BCUT2D eigenvalue weighted by Gasteiger charge is -2.31. The normalized spacial score (nSPS) is 14.3. The van der Waals surface area contributed by atoms with Gasteiger partial charge in [-0.05, 0) is 62.1 Å². The molecule has 158 valence electrons. The molecule has 0 spiro atoms. The molecule has 3 amide bonds. The van der Waals surface area contributed by atoms with Gasteiger partial charge in [-0.1, -0.05) is 18.2 Å². The predicted molar refractivity (Wildman–Crippen MR) is 113 cm³/mol. The molecule has 1 saturated heterocycles. The molecule has 0 unspecified atom stereocenters. The van der Waals surface area contributed by atoms with E-state index >= 15 is 0 Å². The van der Waals surface area contributed by atoms with E-state index < -0.39 is 0 Å². The molecule has 7 heteroatoms. The number of aryl methyl sites for hydroxylation is 2. The highest BCUT2D eigenvalue weighted by atomic mass is 19.1. The summed E-state index contributed by atoms with van der Waals surface area (Å²) >= 11 is 0. The van der Waals surface area contributed by atoms with Crippen LogP contribution in [0.2, 0.25) is 0 Å². The summed E-state index contributed by atoms with van der Waals surface area (Å²) in [6, 6.07) is 11.2. The van der Waals surface area contributed by atoms with E-state index in [1.54, 1.807) is 4.90 Å². The number of benzene rings is 2. The van der Waals surface area contributed by atoms with Crippen LogP contribution >= 0.6 is 0 Å². The van der Waals surface area contributed by atoms with E-state index in [2.05, 4.69) is 10.6 Å². The maximum Gasteiger partial charge on any atom is 0.253 e. The Bertz CT molecular complexity index is 915. The standard InChI is InChI=1S/C23H26FN3O3/c1-15-4-3-5-16(2)21(15)26-20(28)14-25-22(29)17-10-12-27(13-11-17)23(30)18-6-8-19(24)9-7-18/h3-9,17H,10-14H2,1-2H3,(H,25,29)(H,26,28). The highest BCUT2D eigenvalue weighted by Crippen LogP contribution is 2.20. The number of carbonyl (C=O) groups is 3. The maximum atomic E-state index is 13.0. The van der Waals surface area contributed by atoms with Crippen molar-refractivity contribution in [2.45, 2.75) is 26.7 Å². The molecule has 6 nitrogen and oxygen atoms in total. The zero-order valence-electron chi connectivity index (χ0n) is 17.2. The Morgan fingerprint density at radius 2 is 1.60 bits per heavy atom. The highest BCUT2D eigenvalue weighted by Gasteiger charge is 2.28. The predicted octanol–water partition coefficient (Wildman–Crippen LogP) is 3.05. The maximum absolute atomic E-state index is 13.0. The van der Waals surface area contributed by atoms with Crippen molar-refractivity contribution in [1.82, 2.24) is 10.2 Å². The summed E-state index contributed by atoms with van der Waals surface area (Å²) in [5.74, 6) is -1.24. The lowest BCUT2D eigenvalue weighted by atomic mass is 9.95. The number of nitrogens with one attached hydrogen (secondary N) is 2. The molecule has 0 radical (unpaired) electrons. The lowest BCUT2D eigenvalue weighted by Crippen LogP contribution is -2.44. The first kappa shape index (κ1) is 21.5. The van der Waals surface area contributed by atoms with Crippen LogP contribution in [-0.4, -0.2) is 42.3 Å². The van der Waals surface area contributed by atoms with Crippen LogP contribution in [0.25, 0.3) is 0 Å². The van der Waals surface area contributed by atoms with E-state index in [0.29, 0.717) is 31.5 Å². The van der Waals surface area contributed by atoms with E-state index in [4.69, 9.17) is 0 Å². The second-order valence-electron chi connectivity index (χ2n) is 7.61. The van der Waals surface area contributed by atoms with Gasteiger partial charge >= 0.3 is 0 Å². The van der Waals surface area contributed by atoms with Gasteiger partial charge in [0, 0.05) is 30.3 Å². The van der Waals surface area contributed by atoms with Crippen molar-refractivity contribution in [2.75, 3.05) is 25.0 Å². The number of anilines is 1. The minimum absolute atomic E-state index is 0.0959. The first-order chi connectivity index (χ1) is 14.3. The third-order valence-corrected chi connectivity index (χ3v) is 5.41. The van der Waals surface area contributed by atoms with Crippen molar-refractivity contribution in [1.29, 1.82) is 0 Å². The van der Waals surface area contributed by atoms with Gasteiger partial charge in [0.25, 0.3) is 5.91 Å². The minimum Gasteiger partial charge on any atom is -0.347 e. The van der Waals surface area contributed by atoms with Crippen LogP contribution in [0.4, 0.5) is 10.1 Å². The molecule has 2 N–H and O–H groups in total. The van der Waals surface area contributed by atoms with Crippen molar-refractivity contribution in [2.24, 2.45) is 5.92 Å². The van der Waals surface area contributed by atoms with Gasteiger partial charge in [0.2, 0.25) is 11.8 Å². The van der Waals surface area contributed by atoms with Gasteiger partial charge < -0.3 is 15.5 Å². The summed E-state index contributed by atoms with van der Waals surface area (Å²) < 4.78 is 13.0. The van der Waals surface area contributed by atoms with Crippen molar-refractivity contribution in [3.63, 3.8) is 0 Å². The first-order valence-electron chi connectivity index (χ1n) is 10.0. The summed E-state index contributed by atoms with van der Waals surface area (Å²) in [6.07, 6.45) is 1.05. The van der Waals surface area contributed by atoms with Crippen LogP contribution < -0.4 is 10.6 Å². The quantitative estimate of drug-likeness (QED) is 0.794. The summed E-state index contributed by atoms with van der Waals surface area (Å²) in [4.78, 5) is 38.8. The average Bonchev–Trinajstić information content (AvgIpc) is 2.75. The van der Waals surface area contributed by atoms with Gasteiger partial charge in [-0.2, -0.15) is 0 Å². The number of nitrogens with zero attached hydrogens (tertiary/aromatic N) is 1. The van der Waals surface area contributed by atoms with Crippen molar-refractivity contribution in [3.05, 3.63) is 65.0 Å². The molecule has 0 aromatic heterocycles. The lowest BCUT2D eigenvalue weighted by molar-refractivity contribution is -0.128. The first-order valence-corrected chi connectivity index (χ1v) is 10.0. The molecular weight excluding hydrogens is 385 g/mol. The Morgan fingerprint density at radius 1 is 1.00 bits per heavy atom. The van der Waals surface area contributed by atoms with Crippen molar-refractivity contribution < 1.29 is 18.8 Å². The molecule has 1 fully saturated rings. The fraction of sp³-hybridized carbons (Fsp3) is 0.348. The molecule has 30 heavy (non-hydrogen) atoms. The van der Waals surface area contributed by atoms with Crippen LogP contribution in [0.5, 0.6) is 0 Å². The van der Waals surface area contributed by atoms with Gasteiger partial charge in [-0.15, -0.1) is 0 Å². The zero-order valence-corrected chi connectivity index (χ0v) is 17.2. The van der Waals surface area contributed by atoms with Crippen LogP contribution in [0.3, 0.4) is 0 Å². The summed E-state index contributed by atoms with van der Waals surface area (Å²) in [6.45, 7) is 4.64. The second-order valence-corrected chi connectivity index (χ2v) is 7.61. The molecule has 2 aromatic rings. The highest BCUT2D eigenvalue weighted by molar-refractivity contribution is 5.96. The molecule has 0 saturated carbocycles. The topological polar surface area (TPSA) is 78.5 Å². The monoisotopic (exact) mass is 411 g/mol. The smallest absolute Gasteiger partial charge is 0.253 e. The molecule has 0 aliphatic carbocycles. The largest absolute Gasteiger partial charge is 0.347 e. The molecular formula is C23H26FN3O3. The number of hydrogen-bond donors (Lipinski definition) is 2. The molecule has 1 aliphatic heterocycles. The molecule has 1 heterocycles. The third-order valence-electron chi connectivity index (χ3n) is 5.41. The zero-order chi connectivity index (χ0) is 21.7. The summed E-state index contributed by atoms with van der Waals surface area (Å²) in [5.41, 5.74) is 3.13. The van der Waals surface area contributed by atoms with E-state index in [9.17, 15) is 18.8 Å². The van der Waals surface area contributed by atoms with E-state index in [1.807, 2.05) is 32.0 Å². The number of likely N-dealkylation sites (tertiary alicyclic amines) is 1. The number of amides is 3. The number of carbonyl (C=O) groups excluding carboxylic acids is 3. The Morgan fingerprint density at radius 3 is 2.20 bits per heavy atom. The van der Waals surface area contributed by atoms with Gasteiger partial charge in [0.1, 0.15) is 5.82 Å². The summed E-state index contributed by atoms with van der Waals surface area (Å²) in [7, 11) is 0. The van der Waals surface area contributed by atoms with Crippen LogP contribution in [0, 0.1) is 25.6 Å². The molecule has 2 aromatic carbocycles. The molecule has 1 aliphatic rings. The summed E-state index contributed by atoms with van der Waals surface area (Å²) in [5, 5.41) is 5.54. The second kappa shape index (κ2) is 9.52. The van der Waals surface area contributed by atoms with E-state index in [-0.39, 0.29) is 36.0 Å². The molecule has 0 atom stereocenters. The Balaban J connectivity index is 1.45. The fourth-order valence-electron chi connectivity index (χ4n) is 3.63. The van der Waals surface area contributed by atoms with Crippen LogP contribution in [0.15, 0.2) is 42.5 Å². The average molecular weight is 411 g/mol. The molecule has 0 bridgehead atoms. The van der Waals surface area contributed by atoms with Crippen molar-refractivity contribution >= 4 is 23.4 Å². The Kier molecular flexibility index (Phi) is 6.82. The van der Waals surface area contributed by atoms with Gasteiger partial charge in [-0.3, -0.25) is 14.4 Å². The SMILES string of the molecule is Cc1cccc(C)c1NC(=O)CNC(=O)C1CCN(C(=O)c2ccc(F)cc2)CC1. The fourth-order valence-corrected chi connectivity index (χ4v) is 3.63. The number of hydrogen-bond acceptors (Lipinski definition) is 3. The van der Waals surface area contributed by atoms with Crippen LogP contribution in [-0.2, 0) is 9.59 Å². The van der Waals surface area contributed by atoms with E-state index in [0.717, 1.165) is 16.8 Å². The van der Waals surface area contributed by atoms with Gasteiger partial charge in [0.15, 0.2) is 0 Å². The Labute approximate surface area is 175 Å². The molecule has 3 rings (SSSR count). The van der Waals surface area contributed by atoms with Crippen LogP contribution in [0.1, 0.15) is 34.3 Å². The number of halogens is 1. The van der Waals surface area contributed by atoms with Gasteiger partial charge in [-0.25, -0.2) is 4.39 Å². The van der Waals surface area contributed by atoms with Gasteiger partial charge in [0.05, 0.1) is 6.54 Å². The Hall–Kier alpha value is -3.22.